The van der Waals surface area contributed by atoms with E-state index in [9.17, 15) is 4.79 Å². The Morgan fingerprint density at radius 1 is 1.32 bits per heavy atom. The topological polar surface area (TPSA) is 59.8 Å². The minimum absolute atomic E-state index is 0.151. The molecule has 1 aromatic heterocycles. The van der Waals surface area contributed by atoms with Gasteiger partial charge in [-0.2, -0.15) is 0 Å². The number of ether oxygens (including phenoxy) is 2. The molecule has 3 aliphatic rings. The van der Waals surface area contributed by atoms with Crippen LogP contribution in [0.25, 0.3) is 0 Å². The largest absolute Gasteiger partial charge is 0.383 e. The van der Waals surface area contributed by atoms with E-state index in [2.05, 4.69) is 14.5 Å². The van der Waals surface area contributed by atoms with Crippen molar-refractivity contribution < 1.29 is 14.3 Å². The SMILES string of the molecule is COCCN1CCC2(CC1)OC(C(=O)N1CCCC1)Cn1ccnc12. The molecule has 0 aliphatic carbocycles. The normalized spacial score (nSPS) is 26.1. The zero-order chi connectivity index (χ0) is 17.3. The lowest BCUT2D eigenvalue weighted by atomic mass is 9.88. The number of fused-ring (bicyclic) bond motifs is 2. The second-order valence-electron chi connectivity index (χ2n) is 7.37. The second kappa shape index (κ2) is 7.05. The maximum absolute atomic E-state index is 12.9. The van der Waals surface area contributed by atoms with Gasteiger partial charge in [-0.25, -0.2) is 4.98 Å². The molecule has 7 nitrogen and oxygen atoms in total. The summed E-state index contributed by atoms with van der Waals surface area (Å²) in [7, 11) is 1.74. The van der Waals surface area contributed by atoms with Crippen LogP contribution in [0.15, 0.2) is 12.4 Å². The van der Waals surface area contributed by atoms with Crippen molar-refractivity contribution in [1.29, 1.82) is 0 Å². The summed E-state index contributed by atoms with van der Waals surface area (Å²) < 4.78 is 13.8. The number of amides is 1. The molecule has 1 atom stereocenters. The molecule has 0 N–H and O–H groups in total. The number of carbonyl (C=O) groups excluding carboxylic acids is 1. The van der Waals surface area contributed by atoms with Gasteiger partial charge in [-0.3, -0.25) is 4.79 Å². The lowest BCUT2D eigenvalue weighted by Crippen LogP contribution is -2.54. The highest BCUT2D eigenvalue weighted by Gasteiger charge is 2.47. The number of imidazole rings is 1. The zero-order valence-electron chi connectivity index (χ0n) is 15.0. The molecule has 4 heterocycles. The average molecular weight is 348 g/mol. The van der Waals surface area contributed by atoms with Gasteiger partial charge in [-0.1, -0.05) is 0 Å². The maximum Gasteiger partial charge on any atom is 0.253 e. The first-order valence-corrected chi connectivity index (χ1v) is 9.41. The van der Waals surface area contributed by atoms with Crippen molar-refractivity contribution in [2.45, 2.75) is 43.9 Å². The van der Waals surface area contributed by atoms with Crippen LogP contribution in [0.3, 0.4) is 0 Å². The van der Waals surface area contributed by atoms with Crippen LogP contribution >= 0.6 is 0 Å². The van der Waals surface area contributed by atoms with Crippen LogP contribution in [-0.2, 0) is 26.4 Å². The number of aromatic nitrogens is 2. The first kappa shape index (κ1) is 17.0. The summed E-state index contributed by atoms with van der Waals surface area (Å²) in [6.07, 6.45) is 7.39. The minimum atomic E-state index is -0.425. The molecular formula is C18H28N4O3. The third kappa shape index (κ3) is 3.20. The Labute approximate surface area is 148 Å². The molecule has 2 saturated heterocycles. The lowest BCUT2D eigenvalue weighted by Gasteiger charge is -2.46. The molecule has 0 aromatic carbocycles. The molecule has 4 rings (SSSR count). The lowest BCUT2D eigenvalue weighted by molar-refractivity contribution is -0.180. The van der Waals surface area contributed by atoms with E-state index in [4.69, 9.17) is 9.47 Å². The Kier molecular flexibility index (Phi) is 4.80. The first-order valence-electron chi connectivity index (χ1n) is 9.41. The van der Waals surface area contributed by atoms with Crippen LogP contribution in [0.1, 0.15) is 31.5 Å². The highest BCUT2D eigenvalue weighted by Crippen LogP contribution is 2.40. The molecule has 1 unspecified atom stereocenters. The molecule has 0 saturated carbocycles. The molecule has 138 valence electrons. The van der Waals surface area contributed by atoms with Gasteiger partial charge in [-0.15, -0.1) is 0 Å². The van der Waals surface area contributed by atoms with Crippen LogP contribution in [0.4, 0.5) is 0 Å². The van der Waals surface area contributed by atoms with Crippen molar-refractivity contribution in [3.63, 3.8) is 0 Å². The summed E-state index contributed by atoms with van der Waals surface area (Å²) in [6.45, 7) is 5.90. The zero-order valence-corrected chi connectivity index (χ0v) is 15.0. The quantitative estimate of drug-likeness (QED) is 0.807. The fourth-order valence-corrected chi connectivity index (χ4v) is 4.37. The third-order valence-corrected chi connectivity index (χ3v) is 5.82. The molecule has 2 fully saturated rings. The van der Waals surface area contributed by atoms with Gasteiger partial charge < -0.3 is 23.8 Å². The van der Waals surface area contributed by atoms with Crippen molar-refractivity contribution in [3.8, 4) is 0 Å². The fourth-order valence-electron chi connectivity index (χ4n) is 4.37. The number of methoxy groups -OCH3 is 1. The predicted octanol–water partition coefficient (Wildman–Crippen LogP) is 0.842. The molecule has 1 aromatic rings. The fraction of sp³-hybridized carbons (Fsp3) is 0.778. The number of carbonyl (C=O) groups is 1. The summed E-state index contributed by atoms with van der Waals surface area (Å²) in [5, 5.41) is 0. The van der Waals surface area contributed by atoms with Gasteiger partial charge >= 0.3 is 0 Å². The standard InChI is InChI=1S/C18H28N4O3/c1-24-13-12-20-9-4-18(5-10-20)17-19-6-11-22(17)14-15(25-18)16(23)21-7-2-3-8-21/h6,11,15H,2-5,7-10,12-14H2,1H3. The van der Waals surface area contributed by atoms with Gasteiger partial charge in [0.1, 0.15) is 11.4 Å². The van der Waals surface area contributed by atoms with E-state index in [1.54, 1.807) is 7.11 Å². The Hall–Kier alpha value is -1.44. The van der Waals surface area contributed by atoms with Crippen molar-refractivity contribution in [3.05, 3.63) is 18.2 Å². The van der Waals surface area contributed by atoms with Crippen molar-refractivity contribution in [2.24, 2.45) is 0 Å². The monoisotopic (exact) mass is 348 g/mol. The van der Waals surface area contributed by atoms with E-state index in [0.29, 0.717) is 6.54 Å². The van der Waals surface area contributed by atoms with E-state index in [1.807, 2.05) is 17.3 Å². The van der Waals surface area contributed by atoms with Crippen molar-refractivity contribution >= 4 is 5.91 Å². The minimum Gasteiger partial charge on any atom is -0.383 e. The summed E-state index contributed by atoms with van der Waals surface area (Å²) in [6, 6.07) is 0. The van der Waals surface area contributed by atoms with Crippen LogP contribution in [0, 0.1) is 0 Å². The maximum atomic E-state index is 12.9. The number of rotatable bonds is 4. The van der Waals surface area contributed by atoms with Gasteiger partial charge in [0.15, 0.2) is 6.10 Å². The Morgan fingerprint density at radius 2 is 2.08 bits per heavy atom. The van der Waals surface area contributed by atoms with Crippen LogP contribution in [0.2, 0.25) is 0 Å². The number of hydrogen-bond acceptors (Lipinski definition) is 5. The van der Waals surface area contributed by atoms with Crippen LogP contribution in [0.5, 0.6) is 0 Å². The van der Waals surface area contributed by atoms with E-state index >= 15 is 0 Å². The van der Waals surface area contributed by atoms with Crippen molar-refractivity contribution in [2.75, 3.05) is 46.4 Å². The first-order chi connectivity index (χ1) is 12.2. The van der Waals surface area contributed by atoms with E-state index in [0.717, 1.165) is 70.8 Å². The summed E-state index contributed by atoms with van der Waals surface area (Å²) in [5.41, 5.74) is -0.425. The average Bonchev–Trinajstić information content (AvgIpc) is 3.32. The number of piperidine rings is 1. The van der Waals surface area contributed by atoms with Crippen LogP contribution < -0.4 is 0 Å². The molecule has 0 bridgehead atoms. The summed E-state index contributed by atoms with van der Waals surface area (Å²) >= 11 is 0. The van der Waals surface area contributed by atoms with Gasteiger partial charge in [0, 0.05) is 52.2 Å². The van der Waals surface area contributed by atoms with Gasteiger partial charge in [0.05, 0.1) is 13.2 Å². The van der Waals surface area contributed by atoms with Gasteiger partial charge in [0.25, 0.3) is 5.91 Å². The Morgan fingerprint density at radius 3 is 2.80 bits per heavy atom. The smallest absolute Gasteiger partial charge is 0.253 e. The highest BCUT2D eigenvalue weighted by molar-refractivity contribution is 5.81. The number of likely N-dealkylation sites (tertiary alicyclic amines) is 2. The molecular weight excluding hydrogens is 320 g/mol. The van der Waals surface area contributed by atoms with E-state index in [-0.39, 0.29) is 12.0 Å². The van der Waals surface area contributed by atoms with Crippen LogP contribution in [-0.4, -0.2) is 77.8 Å². The summed E-state index contributed by atoms with van der Waals surface area (Å²) in [5.74, 6) is 1.14. The molecule has 25 heavy (non-hydrogen) atoms. The molecule has 1 amide bonds. The van der Waals surface area contributed by atoms with Crippen molar-refractivity contribution in [1.82, 2.24) is 19.4 Å². The van der Waals surface area contributed by atoms with Gasteiger partial charge in [-0.05, 0) is 25.7 Å². The number of nitrogens with zero attached hydrogens (tertiary/aromatic N) is 4. The molecule has 3 aliphatic heterocycles. The van der Waals surface area contributed by atoms with E-state index < -0.39 is 5.60 Å². The highest BCUT2D eigenvalue weighted by atomic mass is 16.5. The Balaban J connectivity index is 1.50. The summed E-state index contributed by atoms with van der Waals surface area (Å²) in [4.78, 5) is 21.9. The van der Waals surface area contributed by atoms with E-state index in [1.165, 1.54) is 0 Å². The molecule has 1 spiro atoms. The molecule has 7 heteroatoms. The third-order valence-electron chi connectivity index (χ3n) is 5.82. The predicted molar refractivity (Wildman–Crippen MR) is 92.1 cm³/mol. The van der Waals surface area contributed by atoms with Gasteiger partial charge in [0.2, 0.25) is 0 Å². The Bertz CT molecular complexity index is 603. The molecule has 0 radical (unpaired) electrons. The number of hydrogen-bond donors (Lipinski definition) is 0. The second-order valence-corrected chi connectivity index (χ2v) is 7.37.